The van der Waals surface area contributed by atoms with Gasteiger partial charge in [-0.25, -0.2) is 5.43 Å². The smallest absolute Gasteiger partial charge is 0.0739 e. The summed E-state index contributed by atoms with van der Waals surface area (Å²) < 4.78 is 0. The number of hydrazine groups is 1. The van der Waals surface area contributed by atoms with E-state index in [1.807, 2.05) is 6.92 Å². The third-order valence-corrected chi connectivity index (χ3v) is 3.91. The lowest BCUT2D eigenvalue weighted by atomic mass is 9.97. The molecule has 1 unspecified atom stereocenters. The fourth-order valence-corrected chi connectivity index (χ4v) is 2.84. The lowest BCUT2D eigenvalue weighted by molar-refractivity contribution is 0.621. The molecule has 0 aliphatic heterocycles. The highest BCUT2D eigenvalue weighted by Gasteiger charge is 2.19. The van der Waals surface area contributed by atoms with Crippen molar-refractivity contribution in [3.63, 3.8) is 0 Å². The van der Waals surface area contributed by atoms with Crippen molar-refractivity contribution < 1.29 is 0 Å². The van der Waals surface area contributed by atoms with Crippen LogP contribution >= 0.6 is 11.3 Å². The predicted molar refractivity (Wildman–Crippen MR) is 74.4 cm³/mol. The zero-order valence-corrected chi connectivity index (χ0v) is 11.7. The summed E-state index contributed by atoms with van der Waals surface area (Å²) in [5, 5.41) is 10.5. The lowest BCUT2D eigenvalue weighted by Crippen LogP contribution is -2.30. The van der Waals surface area contributed by atoms with E-state index in [9.17, 15) is 0 Å². The fourth-order valence-electron chi connectivity index (χ4n) is 2.10. The molecule has 2 rings (SSSR count). The van der Waals surface area contributed by atoms with Crippen LogP contribution < -0.4 is 11.3 Å². The van der Waals surface area contributed by atoms with E-state index in [0.29, 0.717) is 0 Å². The second-order valence-corrected chi connectivity index (χ2v) is 5.39. The van der Waals surface area contributed by atoms with Gasteiger partial charge in [0.25, 0.3) is 0 Å². The lowest BCUT2D eigenvalue weighted by Gasteiger charge is -2.19. The van der Waals surface area contributed by atoms with E-state index in [-0.39, 0.29) is 6.04 Å². The Hall–Kier alpha value is -1.30. The summed E-state index contributed by atoms with van der Waals surface area (Å²) in [5.41, 5.74) is 7.14. The molecular formula is C13H18N4S. The van der Waals surface area contributed by atoms with Crippen molar-refractivity contribution in [2.75, 3.05) is 0 Å². The van der Waals surface area contributed by atoms with Gasteiger partial charge in [-0.1, -0.05) is 6.92 Å². The zero-order chi connectivity index (χ0) is 13.1. The summed E-state index contributed by atoms with van der Waals surface area (Å²) in [4.78, 5) is 1.27. The molecule has 0 aliphatic carbocycles. The van der Waals surface area contributed by atoms with Crippen molar-refractivity contribution in [1.82, 2.24) is 15.6 Å². The highest BCUT2D eigenvalue weighted by molar-refractivity contribution is 7.10. The molecule has 0 spiro atoms. The minimum atomic E-state index is -0.0135. The highest BCUT2D eigenvalue weighted by Crippen LogP contribution is 2.29. The Kier molecular flexibility index (Phi) is 4.06. The zero-order valence-electron chi connectivity index (χ0n) is 10.9. The maximum atomic E-state index is 5.75. The van der Waals surface area contributed by atoms with Crippen LogP contribution in [0.1, 0.15) is 40.4 Å². The fraction of sp³-hybridized carbons (Fsp3) is 0.385. The number of thiophene rings is 1. The van der Waals surface area contributed by atoms with Gasteiger partial charge in [0.15, 0.2) is 0 Å². The second-order valence-electron chi connectivity index (χ2n) is 4.27. The molecule has 0 aliphatic rings. The number of nitrogens with two attached hydrogens (primary N) is 1. The van der Waals surface area contributed by atoms with Gasteiger partial charge >= 0.3 is 0 Å². The molecular weight excluding hydrogens is 244 g/mol. The molecule has 0 saturated carbocycles. The van der Waals surface area contributed by atoms with Crippen LogP contribution in [0.25, 0.3) is 0 Å². The molecule has 5 heteroatoms. The Labute approximate surface area is 111 Å². The molecule has 0 bridgehead atoms. The molecule has 2 aromatic heterocycles. The van der Waals surface area contributed by atoms with Crippen LogP contribution in [0.3, 0.4) is 0 Å². The number of hydrogen-bond acceptors (Lipinski definition) is 5. The van der Waals surface area contributed by atoms with E-state index < -0.39 is 0 Å². The number of hydrogen-bond donors (Lipinski definition) is 2. The standard InChI is InChI=1S/C13H18N4S/c1-4-12-11(7-8(2)16-17-12)13(15-14)10-5-6-18-9(10)3/h5-7,13,15H,4,14H2,1-3H3. The van der Waals surface area contributed by atoms with E-state index in [1.165, 1.54) is 10.4 Å². The van der Waals surface area contributed by atoms with Gasteiger partial charge in [0.1, 0.15) is 0 Å². The minimum Gasteiger partial charge on any atom is -0.271 e. The van der Waals surface area contributed by atoms with Gasteiger partial charge in [-0.2, -0.15) is 10.2 Å². The third-order valence-electron chi connectivity index (χ3n) is 3.05. The maximum absolute atomic E-state index is 5.75. The molecule has 2 aromatic rings. The van der Waals surface area contributed by atoms with Crippen molar-refractivity contribution in [3.8, 4) is 0 Å². The first-order chi connectivity index (χ1) is 8.67. The van der Waals surface area contributed by atoms with Crippen LogP contribution in [0.2, 0.25) is 0 Å². The van der Waals surface area contributed by atoms with Crippen LogP contribution in [0.5, 0.6) is 0 Å². The van der Waals surface area contributed by atoms with Gasteiger partial charge in [0.05, 0.1) is 17.4 Å². The van der Waals surface area contributed by atoms with E-state index >= 15 is 0 Å². The first-order valence-corrected chi connectivity index (χ1v) is 6.88. The molecule has 96 valence electrons. The largest absolute Gasteiger partial charge is 0.271 e. The Bertz CT molecular complexity index is 536. The summed E-state index contributed by atoms with van der Waals surface area (Å²) in [6, 6.07) is 4.16. The predicted octanol–water partition coefficient (Wildman–Crippen LogP) is 2.27. The molecule has 3 N–H and O–H groups in total. The number of aryl methyl sites for hydroxylation is 3. The SMILES string of the molecule is CCc1nnc(C)cc1C(NN)c1ccsc1C. The summed E-state index contributed by atoms with van der Waals surface area (Å²) in [6.07, 6.45) is 0.851. The van der Waals surface area contributed by atoms with Crippen molar-refractivity contribution in [3.05, 3.63) is 44.9 Å². The summed E-state index contributed by atoms with van der Waals surface area (Å²) in [6.45, 7) is 6.14. The number of nitrogens with one attached hydrogen (secondary N) is 1. The summed E-state index contributed by atoms with van der Waals surface area (Å²) in [7, 11) is 0. The average Bonchev–Trinajstić information content (AvgIpc) is 2.77. The molecule has 0 aromatic carbocycles. The normalized spacial score (nSPS) is 12.7. The van der Waals surface area contributed by atoms with Crippen molar-refractivity contribution in [2.24, 2.45) is 5.84 Å². The van der Waals surface area contributed by atoms with Gasteiger partial charge in [-0.3, -0.25) is 5.84 Å². The Morgan fingerprint density at radius 3 is 2.67 bits per heavy atom. The minimum absolute atomic E-state index is 0.0135. The van der Waals surface area contributed by atoms with E-state index in [1.54, 1.807) is 11.3 Å². The van der Waals surface area contributed by atoms with Crippen molar-refractivity contribution in [2.45, 2.75) is 33.2 Å². The van der Waals surface area contributed by atoms with E-state index in [2.05, 4.69) is 47.0 Å². The number of rotatable bonds is 4. The molecule has 4 nitrogen and oxygen atoms in total. The maximum Gasteiger partial charge on any atom is 0.0739 e. The molecule has 2 heterocycles. The second kappa shape index (κ2) is 5.56. The van der Waals surface area contributed by atoms with Crippen LogP contribution in [0, 0.1) is 13.8 Å². The van der Waals surface area contributed by atoms with Crippen LogP contribution in [-0.4, -0.2) is 10.2 Å². The van der Waals surface area contributed by atoms with Gasteiger partial charge in [-0.05, 0) is 43.3 Å². The Balaban J connectivity index is 2.51. The van der Waals surface area contributed by atoms with Crippen molar-refractivity contribution >= 4 is 11.3 Å². The monoisotopic (exact) mass is 262 g/mol. The number of aromatic nitrogens is 2. The molecule has 18 heavy (non-hydrogen) atoms. The molecule has 1 atom stereocenters. The Morgan fingerprint density at radius 1 is 1.33 bits per heavy atom. The molecule has 0 amide bonds. The van der Waals surface area contributed by atoms with Gasteiger partial charge < -0.3 is 0 Å². The molecule has 0 saturated heterocycles. The first kappa shape index (κ1) is 13.1. The van der Waals surface area contributed by atoms with Gasteiger partial charge in [0.2, 0.25) is 0 Å². The van der Waals surface area contributed by atoms with Crippen LogP contribution in [0.4, 0.5) is 0 Å². The van der Waals surface area contributed by atoms with Crippen LogP contribution in [-0.2, 0) is 6.42 Å². The summed E-state index contributed by atoms with van der Waals surface area (Å²) >= 11 is 1.73. The molecule has 0 fully saturated rings. The third kappa shape index (κ3) is 2.43. The molecule has 0 radical (unpaired) electrons. The average molecular weight is 262 g/mol. The quantitative estimate of drug-likeness (QED) is 0.655. The van der Waals surface area contributed by atoms with Crippen LogP contribution in [0.15, 0.2) is 17.5 Å². The van der Waals surface area contributed by atoms with E-state index in [0.717, 1.165) is 23.4 Å². The van der Waals surface area contributed by atoms with Gasteiger partial charge in [-0.15, -0.1) is 11.3 Å². The van der Waals surface area contributed by atoms with E-state index in [4.69, 9.17) is 5.84 Å². The highest BCUT2D eigenvalue weighted by atomic mass is 32.1. The topological polar surface area (TPSA) is 63.8 Å². The first-order valence-electron chi connectivity index (χ1n) is 6.00. The summed E-state index contributed by atoms with van der Waals surface area (Å²) in [5.74, 6) is 5.75. The Morgan fingerprint density at radius 2 is 2.11 bits per heavy atom. The van der Waals surface area contributed by atoms with Gasteiger partial charge in [0, 0.05) is 10.4 Å². The number of nitrogens with zero attached hydrogens (tertiary/aromatic N) is 2. The van der Waals surface area contributed by atoms with Crippen molar-refractivity contribution in [1.29, 1.82) is 0 Å².